The number of halogens is 2. The van der Waals surface area contributed by atoms with E-state index in [1.807, 2.05) is 0 Å². The quantitative estimate of drug-likeness (QED) is 0.857. The lowest BCUT2D eigenvalue weighted by Gasteiger charge is -2.10. The maximum atomic E-state index is 13.1. The fourth-order valence-electron chi connectivity index (χ4n) is 1.89. The van der Waals surface area contributed by atoms with Crippen LogP contribution in [0.3, 0.4) is 0 Å². The number of nitrogens with one attached hydrogen (secondary N) is 2. The van der Waals surface area contributed by atoms with Crippen LogP contribution >= 0.6 is 0 Å². The summed E-state index contributed by atoms with van der Waals surface area (Å²) < 4.78 is 26.0. The predicted molar refractivity (Wildman–Crippen MR) is 79.3 cm³/mol. The Balaban J connectivity index is 2.11. The molecule has 1 aromatic heterocycles. The Morgan fingerprint density at radius 2 is 1.81 bits per heavy atom. The van der Waals surface area contributed by atoms with Gasteiger partial charge in [-0.1, -0.05) is 13.0 Å². The summed E-state index contributed by atoms with van der Waals surface area (Å²) in [6.07, 6.45) is 1.74. The highest BCUT2D eigenvalue weighted by Gasteiger charge is 2.05. The van der Waals surface area contributed by atoms with Gasteiger partial charge in [0.05, 0.1) is 0 Å². The molecule has 21 heavy (non-hydrogen) atoms. The number of nitrogens with zero attached hydrogens (tertiary/aromatic N) is 2. The number of hydrogen-bond donors (Lipinski definition) is 2. The Morgan fingerprint density at radius 1 is 1.05 bits per heavy atom. The van der Waals surface area contributed by atoms with E-state index in [1.54, 1.807) is 19.2 Å². The standard InChI is InChI=1S/C15H18F2N4/c1-3-4-13-20-14(18-2)8-15(21-13)19-9-10-5-6-11(16)12(17)7-10/h5-8H,3-4,9H2,1-2H3,(H2,18,19,20,21). The summed E-state index contributed by atoms with van der Waals surface area (Å²) >= 11 is 0. The van der Waals surface area contributed by atoms with E-state index >= 15 is 0 Å². The molecule has 1 aromatic carbocycles. The smallest absolute Gasteiger partial charge is 0.159 e. The monoisotopic (exact) mass is 292 g/mol. The molecule has 112 valence electrons. The summed E-state index contributed by atoms with van der Waals surface area (Å²) in [6, 6.07) is 5.61. The van der Waals surface area contributed by atoms with Gasteiger partial charge in [-0.05, 0) is 24.1 Å². The number of rotatable bonds is 6. The SMILES string of the molecule is CCCc1nc(NC)cc(NCc2ccc(F)c(F)c2)n1. The average molecular weight is 292 g/mol. The Labute approximate surface area is 122 Å². The van der Waals surface area contributed by atoms with E-state index in [-0.39, 0.29) is 0 Å². The first-order valence-corrected chi connectivity index (χ1v) is 6.86. The predicted octanol–water partition coefficient (Wildman–Crippen LogP) is 3.36. The lowest BCUT2D eigenvalue weighted by molar-refractivity contribution is 0.507. The first kappa shape index (κ1) is 15.2. The van der Waals surface area contributed by atoms with Crippen molar-refractivity contribution in [2.24, 2.45) is 0 Å². The summed E-state index contributed by atoms with van der Waals surface area (Å²) in [4.78, 5) is 8.75. The summed E-state index contributed by atoms with van der Waals surface area (Å²) in [7, 11) is 1.79. The van der Waals surface area contributed by atoms with Crippen LogP contribution in [0.5, 0.6) is 0 Å². The van der Waals surface area contributed by atoms with Crippen LogP contribution in [0.2, 0.25) is 0 Å². The summed E-state index contributed by atoms with van der Waals surface area (Å²) in [5.74, 6) is 0.434. The molecule has 2 aromatic rings. The van der Waals surface area contributed by atoms with Gasteiger partial charge in [0.25, 0.3) is 0 Å². The molecular formula is C15H18F2N4. The lowest BCUT2D eigenvalue weighted by atomic mass is 10.2. The first-order valence-electron chi connectivity index (χ1n) is 6.86. The van der Waals surface area contributed by atoms with Gasteiger partial charge in [0, 0.05) is 26.1 Å². The molecule has 0 spiro atoms. The van der Waals surface area contributed by atoms with Crippen molar-refractivity contribution in [1.82, 2.24) is 9.97 Å². The Hall–Kier alpha value is -2.24. The van der Waals surface area contributed by atoms with Crippen LogP contribution in [0.1, 0.15) is 24.7 Å². The third-order valence-corrected chi connectivity index (χ3v) is 2.96. The molecule has 6 heteroatoms. The zero-order valence-electron chi connectivity index (χ0n) is 12.1. The van der Waals surface area contributed by atoms with Gasteiger partial charge in [-0.25, -0.2) is 18.7 Å². The van der Waals surface area contributed by atoms with E-state index in [2.05, 4.69) is 27.5 Å². The molecule has 0 aliphatic rings. The Bertz CT molecular complexity index is 617. The van der Waals surface area contributed by atoms with Crippen LogP contribution in [0.15, 0.2) is 24.3 Å². The van der Waals surface area contributed by atoms with Crippen molar-refractivity contribution in [3.8, 4) is 0 Å². The van der Waals surface area contributed by atoms with E-state index in [4.69, 9.17) is 0 Å². The van der Waals surface area contributed by atoms with Gasteiger partial charge in [-0.3, -0.25) is 0 Å². The fraction of sp³-hybridized carbons (Fsp3) is 0.333. The molecule has 0 amide bonds. The summed E-state index contributed by atoms with van der Waals surface area (Å²) in [6.45, 7) is 2.42. The third-order valence-electron chi connectivity index (χ3n) is 2.96. The van der Waals surface area contributed by atoms with Gasteiger partial charge in [0.15, 0.2) is 11.6 Å². The van der Waals surface area contributed by atoms with E-state index in [1.165, 1.54) is 6.07 Å². The minimum atomic E-state index is -0.848. The van der Waals surface area contributed by atoms with Crippen molar-refractivity contribution in [1.29, 1.82) is 0 Å². The fourth-order valence-corrected chi connectivity index (χ4v) is 1.89. The average Bonchev–Trinajstić information content (AvgIpc) is 2.48. The van der Waals surface area contributed by atoms with Crippen molar-refractivity contribution in [3.05, 3.63) is 47.3 Å². The second-order valence-electron chi connectivity index (χ2n) is 4.66. The number of aromatic nitrogens is 2. The third kappa shape index (κ3) is 4.11. The van der Waals surface area contributed by atoms with Crippen molar-refractivity contribution in [2.75, 3.05) is 17.7 Å². The number of aryl methyl sites for hydroxylation is 1. The molecule has 0 radical (unpaired) electrons. The first-order chi connectivity index (χ1) is 10.1. The molecule has 0 saturated heterocycles. The summed E-state index contributed by atoms with van der Waals surface area (Å²) in [5, 5.41) is 6.08. The van der Waals surface area contributed by atoms with Gasteiger partial charge in [0.1, 0.15) is 17.5 Å². The van der Waals surface area contributed by atoms with Gasteiger partial charge in [0.2, 0.25) is 0 Å². The molecule has 1 heterocycles. The normalized spacial score (nSPS) is 10.5. The van der Waals surface area contributed by atoms with E-state index < -0.39 is 11.6 Å². The molecule has 0 aliphatic heterocycles. The molecule has 2 rings (SSSR count). The van der Waals surface area contributed by atoms with Gasteiger partial charge in [-0.2, -0.15) is 0 Å². The van der Waals surface area contributed by atoms with Gasteiger partial charge >= 0.3 is 0 Å². The molecule has 2 N–H and O–H groups in total. The van der Waals surface area contributed by atoms with Crippen molar-refractivity contribution in [3.63, 3.8) is 0 Å². The highest BCUT2D eigenvalue weighted by atomic mass is 19.2. The Morgan fingerprint density at radius 3 is 2.48 bits per heavy atom. The minimum Gasteiger partial charge on any atom is -0.373 e. The van der Waals surface area contributed by atoms with Crippen LogP contribution in [-0.4, -0.2) is 17.0 Å². The molecule has 0 aliphatic carbocycles. The molecule has 0 bridgehead atoms. The van der Waals surface area contributed by atoms with Crippen LogP contribution in [0, 0.1) is 11.6 Å². The van der Waals surface area contributed by atoms with Crippen LogP contribution in [0.25, 0.3) is 0 Å². The van der Waals surface area contributed by atoms with Crippen LogP contribution in [0.4, 0.5) is 20.4 Å². The van der Waals surface area contributed by atoms with E-state index in [9.17, 15) is 8.78 Å². The zero-order chi connectivity index (χ0) is 15.2. The molecule has 0 atom stereocenters. The van der Waals surface area contributed by atoms with E-state index in [0.29, 0.717) is 17.9 Å². The largest absolute Gasteiger partial charge is 0.373 e. The van der Waals surface area contributed by atoms with Crippen molar-refractivity contribution < 1.29 is 8.78 Å². The highest BCUT2D eigenvalue weighted by molar-refractivity contribution is 5.47. The number of hydrogen-bond acceptors (Lipinski definition) is 4. The molecular weight excluding hydrogens is 274 g/mol. The highest BCUT2D eigenvalue weighted by Crippen LogP contribution is 2.14. The van der Waals surface area contributed by atoms with Crippen molar-refractivity contribution in [2.45, 2.75) is 26.3 Å². The summed E-state index contributed by atoms with van der Waals surface area (Å²) in [5.41, 5.74) is 0.649. The van der Waals surface area contributed by atoms with Crippen molar-refractivity contribution >= 4 is 11.6 Å². The maximum Gasteiger partial charge on any atom is 0.159 e. The molecule has 0 saturated carbocycles. The zero-order valence-corrected chi connectivity index (χ0v) is 12.1. The number of anilines is 2. The molecule has 0 unspecified atom stereocenters. The van der Waals surface area contributed by atoms with Gasteiger partial charge in [-0.15, -0.1) is 0 Å². The second kappa shape index (κ2) is 6.97. The Kier molecular flexibility index (Phi) is 5.03. The van der Waals surface area contributed by atoms with Crippen LogP contribution < -0.4 is 10.6 Å². The maximum absolute atomic E-state index is 13.1. The van der Waals surface area contributed by atoms with E-state index in [0.717, 1.165) is 30.6 Å². The molecule has 4 nitrogen and oxygen atoms in total. The second-order valence-corrected chi connectivity index (χ2v) is 4.66. The topological polar surface area (TPSA) is 49.8 Å². The minimum absolute atomic E-state index is 0.364. The lowest BCUT2D eigenvalue weighted by Crippen LogP contribution is -2.07. The number of benzene rings is 1. The van der Waals surface area contributed by atoms with Crippen LogP contribution in [-0.2, 0) is 13.0 Å². The van der Waals surface area contributed by atoms with Gasteiger partial charge < -0.3 is 10.6 Å². The molecule has 0 fully saturated rings.